The van der Waals surface area contributed by atoms with E-state index in [2.05, 4.69) is 10.6 Å². The summed E-state index contributed by atoms with van der Waals surface area (Å²) in [4.78, 5) is 23.2. The first-order chi connectivity index (χ1) is 8.47. The van der Waals surface area contributed by atoms with Crippen molar-refractivity contribution in [3.63, 3.8) is 0 Å². The van der Waals surface area contributed by atoms with Crippen LogP contribution in [0.3, 0.4) is 0 Å². The van der Waals surface area contributed by atoms with Crippen LogP contribution >= 0.6 is 0 Å². The third-order valence-electron chi connectivity index (χ3n) is 3.64. The highest BCUT2D eigenvalue weighted by atomic mass is 16.5. The van der Waals surface area contributed by atoms with Gasteiger partial charge in [0, 0.05) is 13.2 Å². The van der Waals surface area contributed by atoms with E-state index in [-0.39, 0.29) is 29.8 Å². The van der Waals surface area contributed by atoms with Crippen molar-refractivity contribution in [1.29, 1.82) is 0 Å². The number of methoxy groups -OCH3 is 1. The fourth-order valence-corrected chi connectivity index (χ4v) is 2.30. The van der Waals surface area contributed by atoms with E-state index in [1.165, 1.54) is 6.92 Å². The largest absolute Gasteiger partial charge is 0.379 e. The van der Waals surface area contributed by atoms with Crippen LogP contribution in [0, 0.1) is 5.92 Å². The normalized spacial score (nSPS) is 24.3. The van der Waals surface area contributed by atoms with Crippen molar-refractivity contribution < 1.29 is 14.3 Å². The van der Waals surface area contributed by atoms with E-state index in [1.807, 2.05) is 6.92 Å². The number of carbonyl (C=O) groups excluding carboxylic acids is 2. The van der Waals surface area contributed by atoms with Gasteiger partial charge in [-0.2, -0.15) is 0 Å². The number of Topliss-reactive ketones (excluding diaryl/α,β-unsaturated/α-hetero) is 1. The van der Waals surface area contributed by atoms with Crippen molar-refractivity contribution in [3.8, 4) is 0 Å². The summed E-state index contributed by atoms with van der Waals surface area (Å²) in [5.74, 6) is -0.436. The molecule has 1 heterocycles. The minimum atomic E-state index is -0.436. The molecule has 104 valence electrons. The first-order valence-corrected chi connectivity index (χ1v) is 6.54. The van der Waals surface area contributed by atoms with E-state index >= 15 is 0 Å². The topological polar surface area (TPSA) is 67.4 Å². The maximum Gasteiger partial charge on any atom is 0.226 e. The van der Waals surface area contributed by atoms with Crippen LogP contribution in [-0.4, -0.2) is 43.5 Å². The molecule has 5 nitrogen and oxygen atoms in total. The Labute approximate surface area is 109 Å². The molecule has 1 amide bonds. The van der Waals surface area contributed by atoms with Crippen LogP contribution in [0.5, 0.6) is 0 Å². The van der Waals surface area contributed by atoms with Crippen molar-refractivity contribution in [2.75, 3.05) is 13.7 Å². The Kier molecular flexibility index (Phi) is 5.75. The first-order valence-electron chi connectivity index (χ1n) is 6.54. The zero-order valence-electron chi connectivity index (χ0n) is 11.7. The molecule has 0 spiro atoms. The molecule has 5 heteroatoms. The number of ketones is 1. The maximum absolute atomic E-state index is 12.0. The molecule has 0 aromatic rings. The predicted octanol–water partition coefficient (Wildman–Crippen LogP) is 0.483. The van der Waals surface area contributed by atoms with Crippen LogP contribution in [-0.2, 0) is 14.3 Å². The van der Waals surface area contributed by atoms with E-state index in [1.54, 1.807) is 14.0 Å². The fourth-order valence-electron chi connectivity index (χ4n) is 2.30. The van der Waals surface area contributed by atoms with Gasteiger partial charge in [0.1, 0.15) is 0 Å². The number of ether oxygens (including phenoxy) is 1. The van der Waals surface area contributed by atoms with Crippen LogP contribution in [0.1, 0.15) is 33.6 Å². The number of nitrogens with one attached hydrogen (secondary N) is 2. The van der Waals surface area contributed by atoms with Crippen molar-refractivity contribution in [1.82, 2.24) is 10.6 Å². The van der Waals surface area contributed by atoms with Gasteiger partial charge in [-0.25, -0.2) is 0 Å². The number of amides is 1. The molecule has 0 bridgehead atoms. The Balaban J connectivity index is 2.57. The summed E-state index contributed by atoms with van der Waals surface area (Å²) in [6.07, 6.45) is 1.99. The fraction of sp³-hybridized carbons (Fsp3) is 0.846. The minimum absolute atomic E-state index is 0.0384. The molecule has 1 rings (SSSR count). The Bertz CT molecular complexity index is 301. The van der Waals surface area contributed by atoms with E-state index < -0.39 is 6.04 Å². The van der Waals surface area contributed by atoms with Gasteiger partial charge in [0.05, 0.1) is 18.1 Å². The second kappa shape index (κ2) is 6.85. The molecule has 0 aromatic carbocycles. The Morgan fingerprint density at radius 1 is 1.39 bits per heavy atom. The highest BCUT2D eigenvalue weighted by Gasteiger charge is 2.33. The van der Waals surface area contributed by atoms with E-state index in [4.69, 9.17) is 4.74 Å². The zero-order valence-corrected chi connectivity index (χ0v) is 11.7. The van der Waals surface area contributed by atoms with Gasteiger partial charge in [0.25, 0.3) is 0 Å². The summed E-state index contributed by atoms with van der Waals surface area (Å²) >= 11 is 0. The van der Waals surface area contributed by atoms with Crippen LogP contribution in [0.4, 0.5) is 0 Å². The number of rotatable bonds is 6. The lowest BCUT2D eigenvalue weighted by Gasteiger charge is -2.28. The molecule has 0 saturated carbocycles. The molecule has 4 atom stereocenters. The van der Waals surface area contributed by atoms with Gasteiger partial charge < -0.3 is 15.4 Å². The molecule has 0 aliphatic carbocycles. The van der Waals surface area contributed by atoms with E-state index in [0.717, 1.165) is 19.4 Å². The van der Waals surface area contributed by atoms with Crippen molar-refractivity contribution >= 4 is 11.7 Å². The monoisotopic (exact) mass is 256 g/mol. The SMILES string of the molecule is CO[C@@H]([C@@H]1CCCN1)[C@@H](C)C(=O)N[C@@H](C)C(C)=O. The summed E-state index contributed by atoms with van der Waals surface area (Å²) in [5.41, 5.74) is 0. The van der Waals surface area contributed by atoms with Crippen molar-refractivity contribution in [2.24, 2.45) is 5.92 Å². The molecular formula is C13H24N2O3. The van der Waals surface area contributed by atoms with E-state index in [9.17, 15) is 9.59 Å². The van der Waals surface area contributed by atoms with Gasteiger partial charge in [-0.1, -0.05) is 6.92 Å². The lowest BCUT2D eigenvalue weighted by Crippen LogP contribution is -2.49. The molecule has 1 aliphatic rings. The Hall–Kier alpha value is -0.940. The number of hydrogen-bond acceptors (Lipinski definition) is 4. The third-order valence-corrected chi connectivity index (χ3v) is 3.64. The number of carbonyl (C=O) groups is 2. The average molecular weight is 256 g/mol. The van der Waals surface area contributed by atoms with E-state index in [0.29, 0.717) is 0 Å². The van der Waals surface area contributed by atoms with Gasteiger partial charge >= 0.3 is 0 Å². The molecule has 1 saturated heterocycles. The number of hydrogen-bond donors (Lipinski definition) is 2. The van der Waals surface area contributed by atoms with Gasteiger partial charge in [-0.3, -0.25) is 9.59 Å². The van der Waals surface area contributed by atoms with Crippen molar-refractivity contribution in [2.45, 2.75) is 51.8 Å². The Morgan fingerprint density at radius 3 is 2.50 bits per heavy atom. The lowest BCUT2D eigenvalue weighted by molar-refractivity contribution is -0.132. The molecular weight excluding hydrogens is 232 g/mol. The highest BCUT2D eigenvalue weighted by Crippen LogP contribution is 2.18. The molecule has 18 heavy (non-hydrogen) atoms. The third kappa shape index (κ3) is 3.78. The first kappa shape index (κ1) is 15.1. The second-order valence-electron chi connectivity index (χ2n) is 5.03. The van der Waals surface area contributed by atoms with Gasteiger partial charge in [0.15, 0.2) is 5.78 Å². The summed E-state index contributed by atoms with van der Waals surface area (Å²) in [7, 11) is 1.63. The predicted molar refractivity (Wildman–Crippen MR) is 69.3 cm³/mol. The molecule has 1 fully saturated rings. The van der Waals surface area contributed by atoms with Crippen LogP contribution in [0.2, 0.25) is 0 Å². The minimum Gasteiger partial charge on any atom is -0.379 e. The highest BCUT2D eigenvalue weighted by molar-refractivity contribution is 5.88. The molecule has 0 radical (unpaired) electrons. The van der Waals surface area contributed by atoms with Crippen LogP contribution < -0.4 is 10.6 Å². The smallest absolute Gasteiger partial charge is 0.226 e. The van der Waals surface area contributed by atoms with Gasteiger partial charge in [-0.15, -0.1) is 0 Å². The second-order valence-corrected chi connectivity index (χ2v) is 5.03. The quantitative estimate of drug-likeness (QED) is 0.725. The molecule has 1 aliphatic heterocycles. The molecule has 0 aromatic heterocycles. The standard InChI is InChI=1S/C13H24N2O3/c1-8(13(17)15-9(2)10(3)16)12(18-4)11-6-5-7-14-11/h8-9,11-12,14H,5-7H2,1-4H3,(H,15,17)/t8-,9+,11+,12-/m1/s1. The van der Waals surface area contributed by atoms with Crippen molar-refractivity contribution in [3.05, 3.63) is 0 Å². The average Bonchev–Trinajstić information content (AvgIpc) is 2.83. The van der Waals surface area contributed by atoms with Gasteiger partial charge in [0.2, 0.25) is 5.91 Å². The summed E-state index contributed by atoms with van der Waals surface area (Å²) < 4.78 is 5.45. The van der Waals surface area contributed by atoms with Crippen LogP contribution in [0.25, 0.3) is 0 Å². The zero-order chi connectivity index (χ0) is 13.7. The Morgan fingerprint density at radius 2 is 2.06 bits per heavy atom. The summed E-state index contributed by atoms with van der Waals surface area (Å²) in [6.45, 7) is 5.99. The van der Waals surface area contributed by atoms with Gasteiger partial charge in [-0.05, 0) is 33.2 Å². The summed E-state index contributed by atoms with van der Waals surface area (Å²) in [6, 6.07) is -0.211. The summed E-state index contributed by atoms with van der Waals surface area (Å²) in [5, 5.41) is 6.07. The molecule has 2 N–H and O–H groups in total. The maximum atomic E-state index is 12.0. The molecule has 0 unspecified atom stereocenters. The lowest BCUT2D eigenvalue weighted by atomic mass is 9.95. The van der Waals surface area contributed by atoms with Crippen LogP contribution in [0.15, 0.2) is 0 Å².